The molecule has 1 aromatic rings. The van der Waals surface area contributed by atoms with E-state index in [0.717, 1.165) is 0 Å². The third-order valence-corrected chi connectivity index (χ3v) is 2.33. The Morgan fingerprint density at radius 1 is 1.29 bits per heavy atom. The number of benzene rings is 1. The predicted molar refractivity (Wildman–Crippen MR) is 68.2 cm³/mol. The smallest absolute Gasteiger partial charge is 0.337 e. The molecule has 1 aromatic carbocycles. The highest BCUT2D eigenvalue weighted by Gasteiger charge is 2.12. The second-order valence-corrected chi connectivity index (χ2v) is 3.80. The number of halogens is 1. The number of carboxylic acid groups (broad SMARTS) is 1. The maximum absolute atomic E-state index is 11.0. The maximum atomic E-state index is 11.0. The van der Waals surface area contributed by atoms with E-state index in [-0.39, 0.29) is 23.2 Å². The van der Waals surface area contributed by atoms with Crippen LogP contribution in [0.5, 0.6) is 0 Å². The SMILES string of the molecule is NC(N)=NC(N)=Nc1c(Br)cccc1C(=O)O. The molecule has 0 heterocycles. The van der Waals surface area contributed by atoms with E-state index in [9.17, 15) is 4.79 Å². The van der Waals surface area contributed by atoms with Crippen molar-refractivity contribution in [1.29, 1.82) is 0 Å². The molecule has 0 saturated carbocycles. The molecular weight excluding hydrogens is 290 g/mol. The average Bonchev–Trinajstić information content (AvgIpc) is 2.19. The van der Waals surface area contributed by atoms with Crippen molar-refractivity contribution in [2.45, 2.75) is 0 Å². The van der Waals surface area contributed by atoms with Gasteiger partial charge in [0.25, 0.3) is 0 Å². The molecule has 0 unspecified atom stereocenters. The molecular formula is C9H10BrN5O2. The molecule has 0 aromatic heterocycles. The molecule has 0 amide bonds. The van der Waals surface area contributed by atoms with Crippen LogP contribution in [0.15, 0.2) is 32.7 Å². The highest BCUT2D eigenvalue weighted by Crippen LogP contribution is 2.29. The number of rotatable bonds is 2. The topological polar surface area (TPSA) is 140 Å². The van der Waals surface area contributed by atoms with Crippen molar-refractivity contribution in [1.82, 2.24) is 0 Å². The van der Waals surface area contributed by atoms with E-state index < -0.39 is 5.97 Å². The zero-order valence-electron chi connectivity index (χ0n) is 8.59. The molecule has 7 nitrogen and oxygen atoms in total. The summed E-state index contributed by atoms with van der Waals surface area (Å²) in [7, 11) is 0. The van der Waals surface area contributed by atoms with Crippen LogP contribution in [0.1, 0.15) is 10.4 Å². The quantitative estimate of drug-likeness (QED) is 0.461. The Morgan fingerprint density at radius 2 is 1.94 bits per heavy atom. The molecule has 0 aliphatic rings. The Balaban J connectivity index is 3.31. The van der Waals surface area contributed by atoms with Crippen LogP contribution in [-0.2, 0) is 0 Å². The first-order chi connectivity index (χ1) is 7.91. The number of aromatic carboxylic acids is 1. The summed E-state index contributed by atoms with van der Waals surface area (Å²) in [5.74, 6) is -1.60. The van der Waals surface area contributed by atoms with Crippen molar-refractivity contribution in [3.8, 4) is 0 Å². The van der Waals surface area contributed by atoms with Crippen LogP contribution in [0.4, 0.5) is 5.69 Å². The zero-order chi connectivity index (χ0) is 13.0. The molecule has 0 spiro atoms. The zero-order valence-corrected chi connectivity index (χ0v) is 10.2. The Morgan fingerprint density at radius 3 is 2.47 bits per heavy atom. The monoisotopic (exact) mass is 299 g/mol. The number of carboxylic acids is 1. The summed E-state index contributed by atoms with van der Waals surface area (Å²) >= 11 is 3.17. The first kappa shape index (κ1) is 13.0. The first-order valence-corrected chi connectivity index (χ1v) is 5.16. The lowest BCUT2D eigenvalue weighted by Crippen LogP contribution is -2.26. The average molecular weight is 300 g/mol. The number of guanidine groups is 2. The van der Waals surface area contributed by atoms with Crippen LogP contribution in [0.2, 0.25) is 0 Å². The molecule has 7 N–H and O–H groups in total. The van der Waals surface area contributed by atoms with Crippen LogP contribution < -0.4 is 17.2 Å². The van der Waals surface area contributed by atoms with Crippen LogP contribution in [0.3, 0.4) is 0 Å². The van der Waals surface area contributed by atoms with Gasteiger partial charge in [-0.15, -0.1) is 0 Å². The second-order valence-electron chi connectivity index (χ2n) is 2.95. The molecule has 1 rings (SSSR count). The van der Waals surface area contributed by atoms with Gasteiger partial charge in [-0.3, -0.25) is 0 Å². The minimum absolute atomic E-state index is 0.00637. The van der Waals surface area contributed by atoms with Crippen LogP contribution in [-0.4, -0.2) is 23.0 Å². The Bertz CT molecular complexity index is 508. The second kappa shape index (κ2) is 5.30. The summed E-state index contributed by atoms with van der Waals surface area (Å²) in [5.41, 5.74) is 15.8. The van der Waals surface area contributed by atoms with Gasteiger partial charge in [0.2, 0.25) is 5.96 Å². The fourth-order valence-electron chi connectivity index (χ4n) is 1.07. The van der Waals surface area contributed by atoms with Gasteiger partial charge in [0.05, 0.1) is 11.3 Å². The van der Waals surface area contributed by atoms with Gasteiger partial charge >= 0.3 is 5.97 Å². The Kier molecular flexibility index (Phi) is 4.05. The highest BCUT2D eigenvalue weighted by atomic mass is 79.9. The molecule has 0 bridgehead atoms. The van der Waals surface area contributed by atoms with E-state index in [1.807, 2.05) is 0 Å². The van der Waals surface area contributed by atoms with Gasteiger partial charge in [0.15, 0.2) is 5.96 Å². The minimum atomic E-state index is -1.12. The molecule has 90 valence electrons. The standard InChI is InChI=1S/C9H10BrN5O2/c10-5-3-1-2-4(7(16)17)6(5)14-9(13)15-8(11)12/h1-3H,(H,16,17)(H6,11,12,13,14,15). The van der Waals surface area contributed by atoms with E-state index >= 15 is 0 Å². The number of para-hydroxylation sites is 1. The van der Waals surface area contributed by atoms with Gasteiger partial charge in [-0.05, 0) is 28.1 Å². The molecule has 0 fully saturated rings. The maximum Gasteiger partial charge on any atom is 0.337 e. The predicted octanol–water partition coefficient (Wildman–Crippen LogP) is 0.367. The summed E-state index contributed by atoms with van der Waals surface area (Å²) in [6, 6.07) is 4.60. The Hall–Kier alpha value is -2.09. The minimum Gasteiger partial charge on any atom is -0.478 e. The van der Waals surface area contributed by atoms with Crippen molar-refractivity contribution in [2.24, 2.45) is 27.2 Å². The van der Waals surface area contributed by atoms with Gasteiger partial charge in [0, 0.05) is 4.47 Å². The lowest BCUT2D eigenvalue weighted by atomic mass is 10.2. The lowest BCUT2D eigenvalue weighted by molar-refractivity contribution is 0.0698. The number of hydrogen-bond donors (Lipinski definition) is 4. The van der Waals surface area contributed by atoms with Crippen LogP contribution >= 0.6 is 15.9 Å². The van der Waals surface area contributed by atoms with Crippen LogP contribution in [0.25, 0.3) is 0 Å². The van der Waals surface area contributed by atoms with Crippen molar-refractivity contribution >= 4 is 39.5 Å². The third kappa shape index (κ3) is 3.45. The van der Waals surface area contributed by atoms with Crippen molar-refractivity contribution < 1.29 is 9.90 Å². The molecule has 17 heavy (non-hydrogen) atoms. The number of aliphatic imine (C=N–C) groups is 2. The molecule has 0 atom stereocenters. The van der Waals surface area contributed by atoms with Crippen molar-refractivity contribution in [2.75, 3.05) is 0 Å². The van der Waals surface area contributed by atoms with E-state index in [4.69, 9.17) is 22.3 Å². The molecule has 0 saturated heterocycles. The Labute approximate surface area is 105 Å². The molecule has 8 heteroatoms. The first-order valence-electron chi connectivity index (χ1n) is 4.37. The number of nitrogens with zero attached hydrogens (tertiary/aromatic N) is 2. The van der Waals surface area contributed by atoms with Crippen molar-refractivity contribution in [3.63, 3.8) is 0 Å². The molecule has 0 aliphatic carbocycles. The summed E-state index contributed by atoms with van der Waals surface area (Å²) in [4.78, 5) is 18.3. The summed E-state index contributed by atoms with van der Waals surface area (Å²) in [6.45, 7) is 0. The lowest BCUT2D eigenvalue weighted by Gasteiger charge is -2.03. The van der Waals surface area contributed by atoms with E-state index in [0.29, 0.717) is 4.47 Å². The van der Waals surface area contributed by atoms with Gasteiger partial charge in [-0.25, -0.2) is 9.79 Å². The highest BCUT2D eigenvalue weighted by molar-refractivity contribution is 9.10. The third-order valence-electron chi connectivity index (χ3n) is 1.69. The number of hydrogen-bond acceptors (Lipinski definition) is 2. The number of carbonyl (C=O) groups is 1. The normalized spacial score (nSPS) is 11.0. The van der Waals surface area contributed by atoms with Gasteiger partial charge in [-0.1, -0.05) is 6.07 Å². The molecule has 0 aliphatic heterocycles. The fourth-order valence-corrected chi connectivity index (χ4v) is 1.53. The summed E-state index contributed by atoms with van der Waals surface area (Å²) in [6.07, 6.45) is 0. The van der Waals surface area contributed by atoms with E-state index in [1.54, 1.807) is 12.1 Å². The summed E-state index contributed by atoms with van der Waals surface area (Å²) < 4.78 is 0.478. The van der Waals surface area contributed by atoms with E-state index in [2.05, 4.69) is 25.9 Å². The summed E-state index contributed by atoms with van der Waals surface area (Å²) in [5, 5.41) is 8.97. The van der Waals surface area contributed by atoms with Crippen molar-refractivity contribution in [3.05, 3.63) is 28.2 Å². The van der Waals surface area contributed by atoms with Gasteiger partial charge in [-0.2, -0.15) is 4.99 Å². The van der Waals surface area contributed by atoms with Gasteiger partial charge < -0.3 is 22.3 Å². The molecule has 0 radical (unpaired) electrons. The number of nitrogens with two attached hydrogens (primary N) is 3. The fraction of sp³-hybridized carbons (Fsp3) is 0. The largest absolute Gasteiger partial charge is 0.478 e. The van der Waals surface area contributed by atoms with Gasteiger partial charge in [0.1, 0.15) is 0 Å². The van der Waals surface area contributed by atoms with Crippen LogP contribution in [0, 0.1) is 0 Å². The van der Waals surface area contributed by atoms with E-state index in [1.165, 1.54) is 6.07 Å².